The van der Waals surface area contributed by atoms with Crippen LogP contribution in [0.25, 0.3) is 5.69 Å². The number of aromatic nitrogens is 2. The van der Waals surface area contributed by atoms with E-state index < -0.39 is 0 Å². The van der Waals surface area contributed by atoms with Crippen LogP contribution >= 0.6 is 11.6 Å². The van der Waals surface area contributed by atoms with Gasteiger partial charge in [-0.2, -0.15) is 5.10 Å². The Bertz CT molecular complexity index is 1050. The van der Waals surface area contributed by atoms with E-state index in [1.807, 2.05) is 48.9 Å². The van der Waals surface area contributed by atoms with Crippen molar-refractivity contribution in [2.24, 2.45) is 0 Å². The highest BCUT2D eigenvalue weighted by molar-refractivity contribution is 6.33. The third-order valence-electron chi connectivity index (χ3n) is 5.01. The molecule has 2 amide bonds. The first kappa shape index (κ1) is 21.6. The minimum Gasteiger partial charge on any atom is -0.351 e. The molecular formula is C23H25ClN4O2. The summed E-state index contributed by atoms with van der Waals surface area (Å²) in [6.07, 6.45) is 0.206. The molecule has 1 heterocycles. The molecule has 0 bridgehead atoms. The van der Waals surface area contributed by atoms with Crippen LogP contribution in [0.15, 0.2) is 54.6 Å². The highest BCUT2D eigenvalue weighted by Gasteiger charge is 2.17. The second-order valence-corrected chi connectivity index (χ2v) is 7.54. The Morgan fingerprint density at radius 1 is 1.07 bits per heavy atom. The van der Waals surface area contributed by atoms with Crippen LogP contribution in [-0.2, 0) is 11.3 Å². The van der Waals surface area contributed by atoms with E-state index in [9.17, 15) is 9.59 Å². The second kappa shape index (κ2) is 9.59. The number of nitrogens with one attached hydrogen (secondary N) is 1. The quantitative estimate of drug-likeness (QED) is 0.625. The lowest BCUT2D eigenvalue weighted by molar-refractivity contribution is -0.130. The maximum Gasteiger partial charge on any atom is 0.252 e. The first-order valence-electron chi connectivity index (χ1n) is 9.75. The zero-order valence-corrected chi connectivity index (χ0v) is 18.1. The van der Waals surface area contributed by atoms with Crippen molar-refractivity contribution < 1.29 is 9.59 Å². The van der Waals surface area contributed by atoms with Gasteiger partial charge in [-0.1, -0.05) is 41.9 Å². The predicted octanol–water partition coefficient (Wildman–Crippen LogP) is 3.92. The number of halogens is 1. The van der Waals surface area contributed by atoms with Crippen LogP contribution in [0.3, 0.4) is 0 Å². The molecule has 0 atom stereocenters. The predicted molar refractivity (Wildman–Crippen MR) is 118 cm³/mol. The minimum atomic E-state index is -0.285. The summed E-state index contributed by atoms with van der Waals surface area (Å²) in [4.78, 5) is 26.4. The van der Waals surface area contributed by atoms with Gasteiger partial charge in [0.05, 0.1) is 22.0 Å². The van der Waals surface area contributed by atoms with Gasteiger partial charge in [-0.25, -0.2) is 4.68 Å². The molecule has 1 aromatic heterocycles. The lowest BCUT2D eigenvalue weighted by Crippen LogP contribution is -2.32. The van der Waals surface area contributed by atoms with Crippen LogP contribution in [0, 0.1) is 13.8 Å². The Hall–Kier alpha value is -3.12. The van der Waals surface area contributed by atoms with Gasteiger partial charge in [0.1, 0.15) is 0 Å². The van der Waals surface area contributed by atoms with Gasteiger partial charge in [0.2, 0.25) is 5.91 Å². The van der Waals surface area contributed by atoms with Gasteiger partial charge >= 0.3 is 0 Å². The number of para-hydroxylation sites is 1. The average molecular weight is 425 g/mol. The zero-order valence-electron chi connectivity index (χ0n) is 17.4. The lowest BCUT2D eigenvalue weighted by Gasteiger charge is -2.18. The van der Waals surface area contributed by atoms with Crippen LogP contribution in [0.5, 0.6) is 0 Å². The maximum absolute atomic E-state index is 12.6. The molecule has 3 rings (SSSR count). The van der Waals surface area contributed by atoms with Gasteiger partial charge in [-0.3, -0.25) is 9.59 Å². The number of aryl methyl sites for hydroxylation is 1. The molecule has 156 valence electrons. The third kappa shape index (κ3) is 4.89. The SMILES string of the molecule is Cc1nn(-c2ccccc2)c(C)c1CN(C)C(=O)CCNC(=O)c1ccccc1Cl. The van der Waals surface area contributed by atoms with Crippen molar-refractivity contribution in [2.45, 2.75) is 26.8 Å². The van der Waals surface area contributed by atoms with Crippen molar-refractivity contribution in [1.29, 1.82) is 0 Å². The first-order chi connectivity index (χ1) is 14.4. The van der Waals surface area contributed by atoms with E-state index in [4.69, 9.17) is 11.6 Å². The van der Waals surface area contributed by atoms with Gasteiger partial charge in [0.25, 0.3) is 5.91 Å². The number of hydrogen-bond acceptors (Lipinski definition) is 3. The number of hydrogen-bond donors (Lipinski definition) is 1. The van der Waals surface area contributed by atoms with Gasteiger partial charge in [-0.05, 0) is 38.1 Å². The van der Waals surface area contributed by atoms with Crippen LogP contribution in [-0.4, -0.2) is 40.1 Å². The van der Waals surface area contributed by atoms with E-state index in [-0.39, 0.29) is 24.8 Å². The molecular weight excluding hydrogens is 400 g/mol. The molecule has 0 aliphatic carbocycles. The summed E-state index contributed by atoms with van der Waals surface area (Å²) >= 11 is 6.03. The summed E-state index contributed by atoms with van der Waals surface area (Å²) in [7, 11) is 1.76. The van der Waals surface area contributed by atoms with Crippen molar-refractivity contribution in [3.63, 3.8) is 0 Å². The van der Waals surface area contributed by atoms with Crippen LogP contribution < -0.4 is 5.32 Å². The topological polar surface area (TPSA) is 67.2 Å². The van der Waals surface area contributed by atoms with Crippen molar-refractivity contribution in [3.8, 4) is 5.69 Å². The second-order valence-electron chi connectivity index (χ2n) is 7.13. The number of benzene rings is 2. The Labute approximate surface area is 181 Å². The van der Waals surface area contributed by atoms with E-state index in [1.165, 1.54) is 0 Å². The number of rotatable bonds is 7. The van der Waals surface area contributed by atoms with Crippen LogP contribution in [0.2, 0.25) is 5.02 Å². The van der Waals surface area contributed by atoms with E-state index in [0.29, 0.717) is 17.1 Å². The summed E-state index contributed by atoms with van der Waals surface area (Å²) < 4.78 is 1.90. The average Bonchev–Trinajstić information content (AvgIpc) is 3.02. The number of nitrogens with zero attached hydrogens (tertiary/aromatic N) is 3. The molecule has 3 aromatic rings. The molecule has 0 unspecified atom stereocenters. The fraction of sp³-hybridized carbons (Fsp3) is 0.261. The third-order valence-corrected chi connectivity index (χ3v) is 5.34. The minimum absolute atomic E-state index is 0.0549. The van der Waals surface area contributed by atoms with Crippen molar-refractivity contribution in [1.82, 2.24) is 20.0 Å². The number of amides is 2. The normalized spacial score (nSPS) is 10.7. The molecule has 0 aliphatic rings. The maximum atomic E-state index is 12.6. The summed E-state index contributed by atoms with van der Waals surface area (Å²) in [6, 6.07) is 16.7. The Kier molecular flexibility index (Phi) is 6.90. The van der Waals surface area contributed by atoms with Gasteiger partial charge in [-0.15, -0.1) is 0 Å². The molecule has 30 heavy (non-hydrogen) atoms. The van der Waals surface area contributed by atoms with Crippen LogP contribution in [0.4, 0.5) is 0 Å². The number of carbonyl (C=O) groups is 2. The molecule has 1 N–H and O–H groups in total. The lowest BCUT2D eigenvalue weighted by atomic mass is 10.1. The summed E-state index contributed by atoms with van der Waals surface area (Å²) in [6.45, 7) is 4.66. The van der Waals surface area contributed by atoms with E-state index in [0.717, 1.165) is 22.6 Å². The Balaban J connectivity index is 1.58. The molecule has 0 radical (unpaired) electrons. The van der Waals surface area contributed by atoms with Gasteiger partial charge < -0.3 is 10.2 Å². The van der Waals surface area contributed by atoms with E-state index >= 15 is 0 Å². The van der Waals surface area contributed by atoms with E-state index in [1.54, 1.807) is 36.2 Å². The van der Waals surface area contributed by atoms with Crippen molar-refractivity contribution in [2.75, 3.05) is 13.6 Å². The van der Waals surface area contributed by atoms with Crippen molar-refractivity contribution in [3.05, 3.63) is 82.1 Å². The highest BCUT2D eigenvalue weighted by atomic mass is 35.5. The molecule has 0 saturated carbocycles. The largest absolute Gasteiger partial charge is 0.351 e. The number of carbonyl (C=O) groups excluding carboxylic acids is 2. The molecule has 0 fully saturated rings. The van der Waals surface area contributed by atoms with Crippen molar-refractivity contribution >= 4 is 23.4 Å². The summed E-state index contributed by atoms with van der Waals surface area (Å²) in [5.41, 5.74) is 4.31. The highest BCUT2D eigenvalue weighted by Crippen LogP contribution is 2.19. The Morgan fingerprint density at radius 3 is 2.43 bits per heavy atom. The summed E-state index contributed by atoms with van der Waals surface area (Å²) in [5.74, 6) is -0.340. The molecule has 2 aromatic carbocycles. The molecule has 6 nitrogen and oxygen atoms in total. The smallest absolute Gasteiger partial charge is 0.252 e. The zero-order chi connectivity index (χ0) is 21.7. The van der Waals surface area contributed by atoms with Crippen LogP contribution in [0.1, 0.15) is 33.7 Å². The molecule has 0 saturated heterocycles. The van der Waals surface area contributed by atoms with Gasteiger partial charge in [0, 0.05) is 37.8 Å². The summed E-state index contributed by atoms with van der Waals surface area (Å²) in [5, 5.41) is 7.77. The van der Waals surface area contributed by atoms with Gasteiger partial charge in [0.15, 0.2) is 0 Å². The molecule has 0 aliphatic heterocycles. The standard InChI is InChI=1S/C23H25ClN4O2/c1-16-20(17(2)28(26-16)18-9-5-4-6-10-18)15-27(3)22(29)13-14-25-23(30)19-11-7-8-12-21(19)24/h4-12H,13-15H2,1-3H3,(H,25,30). The molecule has 7 heteroatoms. The van der Waals surface area contributed by atoms with E-state index in [2.05, 4.69) is 10.4 Å². The fourth-order valence-electron chi connectivity index (χ4n) is 3.26. The first-order valence-corrected chi connectivity index (χ1v) is 10.1. The molecule has 0 spiro atoms. The Morgan fingerprint density at radius 2 is 1.73 bits per heavy atom. The fourth-order valence-corrected chi connectivity index (χ4v) is 3.49. The monoisotopic (exact) mass is 424 g/mol.